The largest absolute Gasteiger partial charge is 0.383 e. The van der Waals surface area contributed by atoms with Crippen LogP contribution in [0.15, 0.2) is 54.7 Å². The first-order valence-electron chi connectivity index (χ1n) is 13.1. The molecule has 1 atom stereocenters. The van der Waals surface area contributed by atoms with Crippen molar-refractivity contribution < 1.29 is 23.0 Å². The Morgan fingerprint density at radius 2 is 1.82 bits per heavy atom. The predicted octanol–water partition coefficient (Wildman–Crippen LogP) is 5.43. The lowest BCUT2D eigenvalue weighted by atomic mass is 9.87. The van der Waals surface area contributed by atoms with Crippen LogP contribution in [0.5, 0.6) is 0 Å². The summed E-state index contributed by atoms with van der Waals surface area (Å²) in [6.07, 6.45) is 2.69. The summed E-state index contributed by atoms with van der Waals surface area (Å²) in [6, 6.07) is 15.4. The van der Waals surface area contributed by atoms with Gasteiger partial charge in [-0.25, -0.2) is 22.4 Å². The van der Waals surface area contributed by atoms with Crippen molar-refractivity contribution in [2.75, 3.05) is 35.3 Å². The van der Waals surface area contributed by atoms with Crippen molar-refractivity contribution in [2.24, 2.45) is 5.92 Å². The molecule has 0 amide bonds. The second kappa shape index (κ2) is 9.38. The van der Waals surface area contributed by atoms with E-state index in [1.54, 1.807) is 12.3 Å². The highest BCUT2D eigenvalue weighted by atomic mass is 32.3. The number of nitrogens with zero attached hydrogens (tertiary/aromatic N) is 5. The quantitative estimate of drug-likeness (QED) is 0.370. The van der Waals surface area contributed by atoms with E-state index in [-0.39, 0.29) is 13.0 Å². The summed E-state index contributed by atoms with van der Waals surface area (Å²) in [5.74, 6) is -3.28. The highest BCUT2D eigenvalue weighted by molar-refractivity contribution is 8.26. The second-order valence-corrected chi connectivity index (χ2v) is 12.9. The number of benzene rings is 1. The maximum absolute atomic E-state index is 13.6. The predicted molar refractivity (Wildman–Crippen MR) is 149 cm³/mol. The number of aliphatic hydroxyl groups is 1. The van der Waals surface area contributed by atoms with Crippen molar-refractivity contribution in [3.05, 3.63) is 71.5 Å². The molecule has 208 valence electrons. The fourth-order valence-corrected chi connectivity index (χ4v) is 7.00. The van der Waals surface area contributed by atoms with Gasteiger partial charge >= 0.3 is 0 Å². The number of alkyl halides is 2. The molecule has 4 heterocycles. The summed E-state index contributed by atoms with van der Waals surface area (Å²) in [6.45, 7) is 4.08. The van der Waals surface area contributed by atoms with Gasteiger partial charge in [0.15, 0.2) is 5.82 Å². The summed E-state index contributed by atoms with van der Waals surface area (Å²) in [5.41, 5.74) is 4.00. The topological polar surface area (TPSA) is 96.2 Å². The lowest BCUT2D eigenvalue weighted by Gasteiger charge is -2.41. The number of rotatable bonds is 6. The number of piperidine rings is 1. The van der Waals surface area contributed by atoms with Crippen LogP contribution in [0.4, 0.5) is 20.3 Å². The first kappa shape index (κ1) is 26.4. The van der Waals surface area contributed by atoms with Gasteiger partial charge in [-0.2, -0.15) is 0 Å². The van der Waals surface area contributed by atoms with Crippen molar-refractivity contribution in [3.63, 3.8) is 0 Å². The summed E-state index contributed by atoms with van der Waals surface area (Å²) in [4.78, 5) is 11.4. The molecule has 0 radical (unpaired) electrons. The zero-order valence-electron chi connectivity index (χ0n) is 22.0. The maximum atomic E-state index is 13.6. The SMILES string of the molecule is Cc1ccc(CN2CCC(O)(c3ccccn3)CC2)cc1-c1ccc2c(n1)N(C)S(O)(O)N2CC1CC1(F)F. The lowest BCUT2D eigenvalue weighted by molar-refractivity contribution is -0.0311. The minimum atomic E-state index is -3.46. The third-order valence-corrected chi connectivity index (χ3v) is 10.1. The molecular formula is C28H33F2N5O3S. The van der Waals surface area contributed by atoms with E-state index in [1.807, 2.05) is 37.3 Å². The smallest absolute Gasteiger partial charge is 0.253 e. The van der Waals surface area contributed by atoms with Gasteiger partial charge in [-0.05, 0) is 72.2 Å². The molecule has 3 aromatic rings. The fraction of sp³-hybridized carbons (Fsp3) is 0.429. The average molecular weight is 558 g/mol. The molecule has 1 aromatic carbocycles. The molecule has 0 bridgehead atoms. The van der Waals surface area contributed by atoms with E-state index in [2.05, 4.69) is 22.0 Å². The number of pyridine rings is 2. The third kappa shape index (κ3) is 4.76. The molecular weight excluding hydrogens is 524 g/mol. The summed E-state index contributed by atoms with van der Waals surface area (Å²) < 4.78 is 51.4. The van der Waals surface area contributed by atoms with Crippen LogP contribution in [0.25, 0.3) is 11.3 Å². The van der Waals surface area contributed by atoms with Gasteiger partial charge in [-0.3, -0.25) is 19.0 Å². The minimum absolute atomic E-state index is 0.131. The van der Waals surface area contributed by atoms with Gasteiger partial charge in [0, 0.05) is 57.3 Å². The minimum Gasteiger partial charge on any atom is -0.383 e. The van der Waals surface area contributed by atoms with Gasteiger partial charge in [-0.1, -0.05) is 18.2 Å². The molecule has 3 N–H and O–H groups in total. The number of fused-ring (bicyclic) bond motifs is 1. The van der Waals surface area contributed by atoms with E-state index in [4.69, 9.17) is 4.98 Å². The van der Waals surface area contributed by atoms with Crippen LogP contribution in [-0.2, 0) is 12.1 Å². The number of anilines is 2. The van der Waals surface area contributed by atoms with Crippen LogP contribution in [0.3, 0.4) is 0 Å². The molecule has 2 fully saturated rings. The monoisotopic (exact) mass is 557 g/mol. The Kier molecular flexibility index (Phi) is 6.35. The van der Waals surface area contributed by atoms with E-state index in [0.29, 0.717) is 30.0 Å². The number of likely N-dealkylation sites (tertiary alicyclic amines) is 1. The van der Waals surface area contributed by atoms with Gasteiger partial charge in [0.05, 0.1) is 11.4 Å². The van der Waals surface area contributed by atoms with Crippen LogP contribution in [-0.4, -0.2) is 61.7 Å². The molecule has 2 aliphatic heterocycles. The molecule has 39 heavy (non-hydrogen) atoms. The van der Waals surface area contributed by atoms with E-state index < -0.39 is 28.4 Å². The molecule has 3 aliphatic rings. The van der Waals surface area contributed by atoms with E-state index in [9.17, 15) is 23.0 Å². The Balaban J connectivity index is 1.20. The van der Waals surface area contributed by atoms with Crippen LogP contribution in [0.1, 0.15) is 36.1 Å². The third-order valence-electron chi connectivity index (χ3n) is 8.24. The maximum Gasteiger partial charge on any atom is 0.253 e. The molecule has 11 heteroatoms. The number of aromatic nitrogens is 2. The molecule has 1 unspecified atom stereocenters. The van der Waals surface area contributed by atoms with Gasteiger partial charge in [0.2, 0.25) is 0 Å². The normalized spacial score (nSPS) is 23.9. The Morgan fingerprint density at radius 3 is 2.49 bits per heavy atom. The van der Waals surface area contributed by atoms with Gasteiger partial charge in [0.25, 0.3) is 5.92 Å². The van der Waals surface area contributed by atoms with Crippen LogP contribution in [0.2, 0.25) is 0 Å². The van der Waals surface area contributed by atoms with Gasteiger partial charge in [0.1, 0.15) is 11.3 Å². The lowest BCUT2D eigenvalue weighted by Crippen LogP contribution is -2.42. The van der Waals surface area contributed by atoms with Crippen molar-refractivity contribution in [3.8, 4) is 11.3 Å². The average Bonchev–Trinajstić information content (AvgIpc) is 3.49. The molecule has 2 aromatic heterocycles. The summed E-state index contributed by atoms with van der Waals surface area (Å²) in [7, 11) is -1.93. The summed E-state index contributed by atoms with van der Waals surface area (Å²) >= 11 is 0. The highest BCUT2D eigenvalue weighted by Gasteiger charge is 2.59. The molecule has 1 aliphatic carbocycles. The molecule has 6 rings (SSSR count). The summed E-state index contributed by atoms with van der Waals surface area (Å²) in [5, 5.41) is 11.1. The number of aryl methyl sites for hydroxylation is 1. The first-order valence-corrected chi connectivity index (χ1v) is 14.6. The molecule has 8 nitrogen and oxygen atoms in total. The van der Waals surface area contributed by atoms with Crippen LogP contribution < -0.4 is 8.61 Å². The van der Waals surface area contributed by atoms with E-state index in [1.165, 1.54) is 15.7 Å². The van der Waals surface area contributed by atoms with Crippen LogP contribution in [0, 0.1) is 12.8 Å². The van der Waals surface area contributed by atoms with Gasteiger partial charge in [-0.15, -0.1) is 0 Å². The zero-order valence-corrected chi connectivity index (χ0v) is 22.8. The Bertz CT molecular complexity index is 1380. The number of hydrogen-bond donors (Lipinski definition) is 3. The first-order chi connectivity index (χ1) is 18.5. The second-order valence-electron chi connectivity index (χ2n) is 10.9. The van der Waals surface area contributed by atoms with Gasteiger partial charge < -0.3 is 5.11 Å². The standard InChI is InChI=1S/C28H33F2N5O3S/c1-19-6-7-20(17-34-13-10-27(36,11-14-34)25-5-3-4-12-31-25)15-22(19)23-8-9-24-26(32-23)33(2)39(37,38)35(24)18-21-16-28(21,29)30/h3-9,12,15,21,36-38H,10-11,13-14,16-18H2,1-2H3. The van der Waals surface area contributed by atoms with Crippen molar-refractivity contribution in [1.82, 2.24) is 14.9 Å². The Morgan fingerprint density at radius 1 is 1.08 bits per heavy atom. The fourth-order valence-electron chi connectivity index (χ4n) is 5.56. The van der Waals surface area contributed by atoms with Crippen LogP contribution >= 0.6 is 11.0 Å². The highest BCUT2D eigenvalue weighted by Crippen LogP contribution is 2.62. The van der Waals surface area contributed by atoms with Crippen molar-refractivity contribution in [1.29, 1.82) is 0 Å². The van der Waals surface area contributed by atoms with Crippen molar-refractivity contribution in [2.45, 2.75) is 44.3 Å². The molecule has 0 spiro atoms. The van der Waals surface area contributed by atoms with Crippen molar-refractivity contribution >= 4 is 22.5 Å². The number of halogens is 2. The number of hydrogen-bond acceptors (Lipinski definition) is 8. The zero-order chi connectivity index (χ0) is 27.6. The van der Waals surface area contributed by atoms with E-state index >= 15 is 0 Å². The Hall–Kier alpha value is -2.83. The Labute approximate surface area is 228 Å². The molecule has 1 saturated carbocycles. The molecule has 1 saturated heterocycles. The van der Waals surface area contributed by atoms with E-state index in [0.717, 1.165) is 42.0 Å².